The van der Waals surface area contributed by atoms with Crippen molar-refractivity contribution in [3.05, 3.63) is 47.5 Å². The zero-order valence-corrected chi connectivity index (χ0v) is 22.6. The maximum atomic E-state index is 12.3. The van der Waals surface area contributed by atoms with Crippen LogP contribution in [-0.2, 0) is 19.1 Å². The molecule has 37 heavy (non-hydrogen) atoms. The summed E-state index contributed by atoms with van der Waals surface area (Å²) in [6.45, 7) is 4.59. The monoisotopic (exact) mass is 528 g/mol. The quantitative estimate of drug-likeness (QED) is 0.108. The van der Waals surface area contributed by atoms with Gasteiger partial charge in [-0.3, -0.25) is 0 Å². The number of benzene rings is 3. The third-order valence-corrected chi connectivity index (χ3v) is 6.41. The van der Waals surface area contributed by atoms with Crippen molar-refractivity contribution in [3.8, 4) is 11.5 Å². The highest BCUT2D eigenvalue weighted by molar-refractivity contribution is 6.37. The molecule has 0 saturated carbocycles. The Morgan fingerprint density at radius 2 is 1.16 bits per heavy atom. The van der Waals surface area contributed by atoms with Crippen LogP contribution >= 0.6 is 11.6 Å². The van der Waals surface area contributed by atoms with E-state index in [-0.39, 0.29) is 13.2 Å². The van der Waals surface area contributed by atoms with Crippen LogP contribution in [0.15, 0.2) is 42.5 Å². The molecule has 6 nitrogen and oxygen atoms in total. The SMILES string of the molecule is CCCCCCOC(=O)COc1c2ccccc2c(OCC(=O)OCCCCCC)c2c(Cl)cccc12. The second-order valence-corrected chi connectivity index (χ2v) is 9.41. The van der Waals surface area contributed by atoms with Gasteiger partial charge < -0.3 is 18.9 Å². The summed E-state index contributed by atoms with van der Waals surface area (Å²) in [5.41, 5.74) is 0. The van der Waals surface area contributed by atoms with Crippen LogP contribution in [0, 0.1) is 0 Å². The van der Waals surface area contributed by atoms with Gasteiger partial charge in [-0.25, -0.2) is 9.59 Å². The number of esters is 2. The van der Waals surface area contributed by atoms with Crippen LogP contribution in [0.25, 0.3) is 21.5 Å². The molecule has 3 aromatic rings. The van der Waals surface area contributed by atoms with Crippen molar-refractivity contribution in [3.63, 3.8) is 0 Å². The first kappa shape index (κ1) is 28.6. The van der Waals surface area contributed by atoms with Crippen LogP contribution in [0.2, 0.25) is 5.02 Å². The Balaban J connectivity index is 1.79. The van der Waals surface area contributed by atoms with Crippen LogP contribution in [-0.4, -0.2) is 38.4 Å². The molecule has 0 aliphatic rings. The van der Waals surface area contributed by atoms with Crippen LogP contribution in [0.3, 0.4) is 0 Å². The van der Waals surface area contributed by atoms with E-state index in [2.05, 4.69) is 13.8 Å². The van der Waals surface area contributed by atoms with E-state index >= 15 is 0 Å². The summed E-state index contributed by atoms with van der Waals surface area (Å²) in [6, 6.07) is 12.9. The first-order valence-corrected chi connectivity index (χ1v) is 13.6. The molecule has 0 spiro atoms. The van der Waals surface area contributed by atoms with Crippen molar-refractivity contribution in [2.45, 2.75) is 65.2 Å². The van der Waals surface area contributed by atoms with Crippen LogP contribution < -0.4 is 9.47 Å². The first-order chi connectivity index (χ1) is 18.1. The number of fused-ring (bicyclic) bond motifs is 2. The molecule has 0 aliphatic carbocycles. The molecule has 0 aromatic heterocycles. The number of carbonyl (C=O) groups excluding carboxylic acids is 2. The van der Waals surface area contributed by atoms with Crippen LogP contribution in [0.5, 0.6) is 11.5 Å². The Morgan fingerprint density at radius 1 is 0.649 bits per heavy atom. The van der Waals surface area contributed by atoms with Crippen molar-refractivity contribution < 1.29 is 28.5 Å². The molecule has 7 heteroatoms. The molecular weight excluding hydrogens is 492 g/mol. The topological polar surface area (TPSA) is 71.1 Å². The molecule has 200 valence electrons. The number of ether oxygens (including phenoxy) is 4. The van der Waals surface area contributed by atoms with E-state index in [9.17, 15) is 9.59 Å². The second-order valence-electron chi connectivity index (χ2n) is 9.01. The van der Waals surface area contributed by atoms with Crippen molar-refractivity contribution >= 4 is 45.1 Å². The van der Waals surface area contributed by atoms with E-state index in [0.29, 0.717) is 40.5 Å². The molecule has 0 heterocycles. The highest BCUT2D eigenvalue weighted by Crippen LogP contribution is 2.45. The third-order valence-electron chi connectivity index (χ3n) is 6.09. The largest absolute Gasteiger partial charge is 0.481 e. The average Bonchev–Trinajstić information content (AvgIpc) is 2.90. The molecular formula is C30H37ClO6. The number of hydrogen-bond acceptors (Lipinski definition) is 6. The van der Waals surface area contributed by atoms with Gasteiger partial charge in [-0.1, -0.05) is 100 Å². The molecule has 0 bridgehead atoms. The van der Waals surface area contributed by atoms with Gasteiger partial charge in [0.15, 0.2) is 13.2 Å². The summed E-state index contributed by atoms with van der Waals surface area (Å²) in [5, 5.41) is 3.22. The van der Waals surface area contributed by atoms with Crippen LogP contribution in [0.4, 0.5) is 0 Å². The average molecular weight is 529 g/mol. The highest BCUT2D eigenvalue weighted by Gasteiger charge is 2.20. The Labute approximate surface area is 224 Å². The lowest BCUT2D eigenvalue weighted by atomic mass is 10.0. The van der Waals surface area contributed by atoms with Gasteiger partial charge in [0.05, 0.1) is 18.2 Å². The number of halogens is 1. The van der Waals surface area contributed by atoms with Crippen molar-refractivity contribution in [2.24, 2.45) is 0 Å². The van der Waals surface area contributed by atoms with Gasteiger partial charge in [0.2, 0.25) is 0 Å². The predicted octanol–water partition coefficient (Wildman–Crippen LogP) is 7.65. The summed E-state index contributed by atoms with van der Waals surface area (Å²) in [6.07, 6.45) is 8.24. The lowest BCUT2D eigenvalue weighted by Crippen LogP contribution is -2.17. The van der Waals surface area contributed by atoms with Crippen molar-refractivity contribution in [1.29, 1.82) is 0 Å². The normalized spacial score (nSPS) is 11.0. The molecule has 0 amide bonds. The van der Waals surface area contributed by atoms with E-state index in [1.54, 1.807) is 6.07 Å². The van der Waals surface area contributed by atoms with E-state index in [0.717, 1.165) is 62.1 Å². The molecule has 0 radical (unpaired) electrons. The minimum absolute atomic E-state index is 0.218. The molecule has 0 unspecified atom stereocenters. The minimum atomic E-state index is -0.428. The Bertz CT molecular complexity index is 1180. The molecule has 0 N–H and O–H groups in total. The maximum Gasteiger partial charge on any atom is 0.344 e. The van der Waals surface area contributed by atoms with Gasteiger partial charge in [-0.05, 0) is 18.9 Å². The second kappa shape index (κ2) is 15.3. The lowest BCUT2D eigenvalue weighted by Gasteiger charge is -2.18. The fraction of sp³-hybridized carbons (Fsp3) is 0.467. The number of unbranched alkanes of at least 4 members (excludes halogenated alkanes) is 6. The van der Waals surface area contributed by atoms with Gasteiger partial charge in [-0.2, -0.15) is 0 Å². The van der Waals surface area contributed by atoms with E-state index in [4.69, 9.17) is 30.5 Å². The summed E-state index contributed by atoms with van der Waals surface area (Å²) in [5.74, 6) is 0.146. The molecule has 0 aliphatic heterocycles. The zero-order chi connectivity index (χ0) is 26.5. The molecule has 3 aromatic carbocycles. The van der Waals surface area contributed by atoms with E-state index < -0.39 is 11.9 Å². The Hall–Kier alpha value is -2.99. The van der Waals surface area contributed by atoms with Gasteiger partial charge >= 0.3 is 11.9 Å². The molecule has 0 fully saturated rings. The summed E-state index contributed by atoms with van der Waals surface area (Å²) in [4.78, 5) is 24.7. The smallest absolute Gasteiger partial charge is 0.344 e. The Morgan fingerprint density at radius 3 is 1.73 bits per heavy atom. The molecule has 3 rings (SSSR count). The third kappa shape index (κ3) is 8.26. The lowest BCUT2D eigenvalue weighted by molar-refractivity contribution is -0.147. The number of hydrogen-bond donors (Lipinski definition) is 0. The predicted molar refractivity (Wildman–Crippen MR) is 148 cm³/mol. The van der Waals surface area contributed by atoms with Crippen molar-refractivity contribution in [1.82, 2.24) is 0 Å². The van der Waals surface area contributed by atoms with E-state index in [1.807, 2.05) is 36.4 Å². The number of rotatable bonds is 16. The van der Waals surface area contributed by atoms with Gasteiger partial charge in [0.25, 0.3) is 0 Å². The molecule has 0 saturated heterocycles. The zero-order valence-electron chi connectivity index (χ0n) is 21.9. The summed E-state index contributed by atoms with van der Waals surface area (Å²) >= 11 is 6.61. The summed E-state index contributed by atoms with van der Waals surface area (Å²) in [7, 11) is 0. The maximum absolute atomic E-state index is 12.3. The standard InChI is InChI=1S/C30H37ClO6/c1-3-5-7-11-18-34-26(32)20-36-29-22-14-9-10-15-23(22)30(28-24(29)16-13-17-25(28)31)37-21-27(33)35-19-12-8-6-4-2/h9-10,13-17H,3-8,11-12,18-21H2,1-2H3. The van der Waals surface area contributed by atoms with Crippen molar-refractivity contribution in [2.75, 3.05) is 26.4 Å². The van der Waals surface area contributed by atoms with Crippen LogP contribution in [0.1, 0.15) is 65.2 Å². The number of carbonyl (C=O) groups is 2. The highest BCUT2D eigenvalue weighted by atomic mass is 35.5. The Kier molecular flexibility index (Phi) is 11.8. The van der Waals surface area contributed by atoms with Gasteiger partial charge in [0, 0.05) is 21.5 Å². The fourth-order valence-corrected chi connectivity index (χ4v) is 4.44. The first-order valence-electron chi connectivity index (χ1n) is 13.3. The fourth-order valence-electron chi connectivity index (χ4n) is 4.18. The van der Waals surface area contributed by atoms with Gasteiger partial charge in [-0.15, -0.1) is 0 Å². The summed E-state index contributed by atoms with van der Waals surface area (Å²) < 4.78 is 22.7. The van der Waals surface area contributed by atoms with Gasteiger partial charge in [0.1, 0.15) is 11.5 Å². The van der Waals surface area contributed by atoms with E-state index in [1.165, 1.54) is 0 Å². The molecule has 0 atom stereocenters. The minimum Gasteiger partial charge on any atom is -0.481 e.